The van der Waals surface area contributed by atoms with E-state index >= 15 is 0 Å². The largest absolute Gasteiger partial charge is 0.457 e. The minimum atomic E-state index is -1.56. The molecule has 0 aromatic heterocycles. The fraction of sp³-hybridized carbons (Fsp3) is 0.333. The Labute approximate surface area is 259 Å². The zero-order valence-corrected chi connectivity index (χ0v) is 25.1. The number of Topliss-reactive ketones (excluding diaryl/α,β-unsaturated/α-hetero) is 1. The van der Waals surface area contributed by atoms with Crippen LogP contribution in [0.25, 0.3) is 0 Å². The SMILES string of the molecule is Cc1cc(Oc2ccccc2)ccc1C1(N)C(=O)C(N)C2c3c1ccc(N)c3SC2C(=O)NC1CCCN(C(=O)CC#N)C1. The van der Waals surface area contributed by atoms with Crippen LogP contribution in [0.1, 0.15) is 47.4 Å². The van der Waals surface area contributed by atoms with Crippen LogP contribution in [0, 0.1) is 18.3 Å². The number of nitrogens with zero attached hydrogens (tertiary/aromatic N) is 2. The summed E-state index contributed by atoms with van der Waals surface area (Å²) in [6.07, 6.45) is 1.21. The second-order valence-corrected chi connectivity index (χ2v) is 12.8. The van der Waals surface area contributed by atoms with Gasteiger partial charge in [-0.05, 0) is 72.4 Å². The molecular formula is C33H34N6O4S. The third-order valence-electron chi connectivity index (χ3n) is 8.84. The van der Waals surface area contributed by atoms with Gasteiger partial charge in [0.1, 0.15) is 23.5 Å². The standard InChI is InChI=1S/C33H34N6O4S/c1-18-16-21(43-20-7-3-2-4-8-20)9-10-22(18)33(37)23-11-12-24(35)29-26(23)27(28(36)31(33)41)30(44-29)32(42)38-19-6-5-15-39(17-19)25(40)13-14-34/h2-4,7-12,16,19,27-28,30H,5-6,13,15,17,35-37H2,1H3,(H,38,42). The number of nitrogen functional groups attached to an aromatic ring is 1. The van der Waals surface area contributed by atoms with Gasteiger partial charge in [0, 0.05) is 35.6 Å². The van der Waals surface area contributed by atoms with E-state index in [0.717, 1.165) is 11.1 Å². The van der Waals surface area contributed by atoms with Crippen molar-refractivity contribution in [1.82, 2.24) is 10.2 Å². The van der Waals surface area contributed by atoms with Crippen molar-refractivity contribution in [3.05, 3.63) is 82.9 Å². The third kappa shape index (κ3) is 4.99. The summed E-state index contributed by atoms with van der Waals surface area (Å²) in [5.41, 5.74) is 21.9. The Morgan fingerprint density at radius 1 is 1.14 bits per heavy atom. The summed E-state index contributed by atoms with van der Waals surface area (Å²) >= 11 is 1.30. The molecule has 44 heavy (non-hydrogen) atoms. The van der Waals surface area contributed by atoms with Crippen LogP contribution in [-0.4, -0.2) is 52.9 Å². The normalized spacial score (nSPS) is 25.6. The number of aryl methyl sites for hydroxylation is 1. The molecule has 1 fully saturated rings. The number of rotatable bonds is 6. The van der Waals surface area contributed by atoms with E-state index in [9.17, 15) is 14.4 Å². The smallest absolute Gasteiger partial charge is 0.236 e. The van der Waals surface area contributed by atoms with Crippen molar-refractivity contribution in [3.8, 4) is 17.6 Å². The third-order valence-corrected chi connectivity index (χ3v) is 10.3. The van der Waals surface area contributed by atoms with Crippen molar-refractivity contribution in [3.63, 3.8) is 0 Å². The van der Waals surface area contributed by atoms with Gasteiger partial charge in [-0.15, -0.1) is 11.8 Å². The number of nitriles is 1. The molecule has 0 radical (unpaired) electrons. The number of hydrogen-bond acceptors (Lipinski definition) is 9. The summed E-state index contributed by atoms with van der Waals surface area (Å²) in [5, 5.41) is 11.3. The number of ketones is 1. The maximum Gasteiger partial charge on any atom is 0.236 e. The first-order valence-corrected chi connectivity index (χ1v) is 15.5. The van der Waals surface area contributed by atoms with Gasteiger partial charge in [0.2, 0.25) is 11.8 Å². The molecule has 10 nitrogen and oxygen atoms in total. The minimum absolute atomic E-state index is 0.196. The lowest BCUT2D eigenvalue weighted by Gasteiger charge is -2.42. The molecule has 1 aliphatic carbocycles. The number of carbonyl (C=O) groups excluding carboxylic acids is 3. The molecule has 5 unspecified atom stereocenters. The van der Waals surface area contributed by atoms with Crippen LogP contribution in [-0.2, 0) is 19.9 Å². The lowest BCUT2D eigenvalue weighted by atomic mass is 9.64. The van der Waals surface area contributed by atoms with Crippen molar-refractivity contribution in [2.24, 2.45) is 11.5 Å². The fourth-order valence-corrected chi connectivity index (χ4v) is 8.20. The number of ether oxygens (including phenoxy) is 1. The van der Waals surface area contributed by atoms with Crippen molar-refractivity contribution >= 4 is 35.0 Å². The van der Waals surface area contributed by atoms with E-state index in [2.05, 4.69) is 5.32 Å². The molecule has 6 rings (SSSR count). The monoisotopic (exact) mass is 610 g/mol. The van der Waals surface area contributed by atoms with Gasteiger partial charge >= 0.3 is 0 Å². The van der Waals surface area contributed by atoms with Gasteiger partial charge in [-0.1, -0.05) is 30.3 Å². The zero-order valence-electron chi connectivity index (χ0n) is 24.3. The first-order valence-electron chi connectivity index (χ1n) is 14.6. The highest BCUT2D eigenvalue weighted by Crippen LogP contribution is 2.56. The number of benzene rings is 3. The molecule has 7 N–H and O–H groups in total. The van der Waals surface area contributed by atoms with Crippen molar-refractivity contribution in [2.75, 3.05) is 18.8 Å². The van der Waals surface area contributed by atoms with Gasteiger partial charge in [-0.25, -0.2) is 0 Å². The highest BCUT2D eigenvalue weighted by Gasteiger charge is 2.57. The number of piperidine rings is 1. The predicted octanol–water partition coefficient (Wildman–Crippen LogP) is 3.06. The Balaban J connectivity index is 1.30. The molecular weight excluding hydrogens is 576 g/mol. The summed E-state index contributed by atoms with van der Waals surface area (Å²) in [5.74, 6) is -0.228. The summed E-state index contributed by atoms with van der Waals surface area (Å²) in [7, 11) is 0. The van der Waals surface area contributed by atoms with E-state index in [1.165, 1.54) is 11.8 Å². The summed E-state index contributed by atoms with van der Waals surface area (Å²) in [6, 6.07) is 18.9. The topological polar surface area (TPSA) is 178 Å². The van der Waals surface area contributed by atoms with E-state index in [4.69, 9.17) is 27.2 Å². The Bertz CT molecular complexity index is 1690. The van der Waals surface area contributed by atoms with E-state index in [1.54, 1.807) is 29.2 Å². The Morgan fingerprint density at radius 3 is 2.61 bits per heavy atom. The van der Waals surface area contributed by atoms with Gasteiger partial charge in [0.15, 0.2) is 5.78 Å². The second-order valence-electron chi connectivity index (χ2n) is 11.6. The highest BCUT2D eigenvalue weighted by molar-refractivity contribution is 8.01. The van der Waals surface area contributed by atoms with E-state index in [0.29, 0.717) is 59.1 Å². The van der Waals surface area contributed by atoms with Crippen LogP contribution in [0.4, 0.5) is 5.69 Å². The van der Waals surface area contributed by atoms with Crippen molar-refractivity contribution in [2.45, 2.75) is 59.9 Å². The molecule has 2 aliphatic heterocycles. The molecule has 226 valence electrons. The number of anilines is 1. The lowest BCUT2D eigenvalue weighted by Crippen LogP contribution is -2.61. The summed E-state index contributed by atoms with van der Waals surface area (Å²) in [6.45, 7) is 2.76. The molecule has 0 saturated carbocycles. The minimum Gasteiger partial charge on any atom is -0.457 e. The fourth-order valence-electron chi connectivity index (χ4n) is 6.75. The van der Waals surface area contributed by atoms with Crippen molar-refractivity contribution in [1.29, 1.82) is 5.26 Å². The number of para-hydroxylation sites is 1. The van der Waals surface area contributed by atoms with Crippen LogP contribution in [0.3, 0.4) is 0 Å². The van der Waals surface area contributed by atoms with Gasteiger partial charge in [-0.3, -0.25) is 14.4 Å². The molecule has 5 atom stereocenters. The molecule has 3 aromatic carbocycles. The Kier molecular flexibility index (Phi) is 7.84. The Hall–Kier alpha value is -4.37. The average molecular weight is 611 g/mol. The Morgan fingerprint density at radius 2 is 1.89 bits per heavy atom. The summed E-state index contributed by atoms with van der Waals surface area (Å²) < 4.78 is 6.00. The quantitative estimate of drug-likeness (QED) is 0.305. The number of carbonyl (C=O) groups is 3. The van der Waals surface area contributed by atoms with Crippen molar-refractivity contribution < 1.29 is 19.1 Å². The summed E-state index contributed by atoms with van der Waals surface area (Å²) in [4.78, 5) is 42.6. The predicted molar refractivity (Wildman–Crippen MR) is 167 cm³/mol. The van der Waals surface area contributed by atoms with Crippen LogP contribution < -0.4 is 27.3 Å². The molecule has 2 amide bonds. The van der Waals surface area contributed by atoms with E-state index in [1.807, 2.05) is 49.4 Å². The van der Waals surface area contributed by atoms with Gasteiger partial charge in [0.05, 0.1) is 17.4 Å². The number of likely N-dealkylation sites (tertiary alicyclic amines) is 1. The van der Waals surface area contributed by atoms with Crippen LogP contribution in [0.2, 0.25) is 0 Å². The zero-order chi connectivity index (χ0) is 31.2. The molecule has 3 aliphatic rings. The number of amides is 2. The number of nitrogens with two attached hydrogens (primary N) is 3. The van der Waals surface area contributed by atoms with Gasteiger partial charge in [-0.2, -0.15) is 5.26 Å². The average Bonchev–Trinajstić information content (AvgIpc) is 3.42. The maximum absolute atomic E-state index is 14.2. The molecule has 1 saturated heterocycles. The molecule has 11 heteroatoms. The first kappa shape index (κ1) is 29.7. The molecule has 0 spiro atoms. The number of nitrogens with one attached hydrogen (secondary N) is 1. The maximum atomic E-state index is 14.2. The van der Waals surface area contributed by atoms with Crippen LogP contribution in [0.5, 0.6) is 11.5 Å². The molecule has 2 heterocycles. The van der Waals surface area contributed by atoms with Gasteiger partial charge < -0.3 is 32.2 Å². The van der Waals surface area contributed by atoms with Gasteiger partial charge in [0.25, 0.3) is 0 Å². The highest BCUT2D eigenvalue weighted by atomic mass is 32.2. The lowest BCUT2D eigenvalue weighted by molar-refractivity contribution is -0.133. The number of thioether (sulfide) groups is 1. The van der Waals surface area contributed by atoms with Crippen LogP contribution >= 0.6 is 11.8 Å². The first-order chi connectivity index (χ1) is 21.1. The van der Waals surface area contributed by atoms with Crippen LogP contribution in [0.15, 0.2) is 65.6 Å². The van der Waals surface area contributed by atoms with E-state index in [-0.39, 0.29) is 30.1 Å². The molecule has 3 aromatic rings. The number of hydrogen-bond donors (Lipinski definition) is 4. The molecule has 0 bridgehead atoms. The van der Waals surface area contributed by atoms with E-state index < -0.39 is 22.7 Å². The second kappa shape index (κ2) is 11.6.